The Labute approximate surface area is 100 Å². The zero-order valence-corrected chi connectivity index (χ0v) is 11.5. The minimum absolute atomic E-state index is 0.186. The third-order valence-electron chi connectivity index (χ3n) is 4.08. The van der Waals surface area contributed by atoms with E-state index < -0.39 is 0 Å². The second kappa shape index (κ2) is 4.48. The summed E-state index contributed by atoms with van der Waals surface area (Å²) in [5.41, 5.74) is 11.5. The number of hydrogen-bond acceptors (Lipinski definition) is 1. The summed E-state index contributed by atoms with van der Waals surface area (Å²) in [4.78, 5) is 0. The fraction of sp³-hybridized carbons (Fsp3) is 0.600. The van der Waals surface area contributed by atoms with Gasteiger partial charge in [-0.2, -0.15) is 0 Å². The Kier molecular flexibility index (Phi) is 3.67. The Morgan fingerprint density at radius 3 is 2.25 bits per heavy atom. The fourth-order valence-electron chi connectivity index (χ4n) is 2.69. The molecule has 1 nitrogen and oxygen atoms in total. The molecule has 2 N–H and O–H groups in total. The number of allylic oxidation sites excluding steroid dienone is 6. The smallest absolute Gasteiger partial charge is 0.0119 e. The first-order valence-corrected chi connectivity index (χ1v) is 6.08. The lowest BCUT2D eigenvalue weighted by molar-refractivity contribution is 0.317. The van der Waals surface area contributed by atoms with Crippen molar-refractivity contribution < 1.29 is 0 Å². The van der Waals surface area contributed by atoms with Crippen LogP contribution in [0.15, 0.2) is 34.6 Å². The van der Waals surface area contributed by atoms with Gasteiger partial charge in [0.15, 0.2) is 0 Å². The van der Waals surface area contributed by atoms with Crippen LogP contribution in [-0.4, -0.2) is 0 Å². The van der Waals surface area contributed by atoms with Crippen molar-refractivity contribution in [2.45, 2.75) is 48.0 Å². The Bertz CT molecular complexity index is 367. The van der Waals surface area contributed by atoms with Crippen molar-refractivity contribution in [1.82, 2.24) is 0 Å². The summed E-state index contributed by atoms with van der Waals surface area (Å²) in [6.45, 7) is 13.2. The lowest BCUT2D eigenvalue weighted by Gasteiger charge is -2.37. The Balaban J connectivity index is 3.14. The van der Waals surface area contributed by atoms with E-state index in [-0.39, 0.29) is 5.41 Å². The maximum atomic E-state index is 6.14. The molecule has 0 aliphatic heterocycles. The predicted molar refractivity (Wildman–Crippen MR) is 72.0 cm³/mol. The minimum atomic E-state index is 0.186. The molecule has 1 heteroatoms. The van der Waals surface area contributed by atoms with Crippen molar-refractivity contribution in [3.05, 3.63) is 34.6 Å². The number of rotatable bonds is 2. The molecule has 0 fully saturated rings. The van der Waals surface area contributed by atoms with E-state index in [2.05, 4.69) is 53.7 Å². The van der Waals surface area contributed by atoms with Crippen LogP contribution in [0.1, 0.15) is 48.0 Å². The Morgan fingerprint density at radius 2 is 1.75 bits per heavy atom. The van der Waals surface area contributed by atoms with E-state index in [1.807, 2.05) is 0 Å². The highest BCUT2D eigenvalue weighted by Gasteiger charge is 2.32. The number of nitrogens with two attached hydrogens (primary N) is 1. The Morgan fingerprint density at radius 1 is 1.19 bits per heavy atom. The molecule has 0 saturated carbocycles. The standard InChI is InChI=1S/C15H25N/c1-7-8-15(5,6)13-9-14(16)12(4)10(2)11(13)3/h7-8,13H,9,16H2,1-6H3. The van der Waals surface area contributed by atoms with Crippen molar-refractivity contribution in [2.75, 3.05) is 0 Å². The second-order valence-electron chi connectivity index (χ2n) is 5.54. The van der Waals surface area contributed by atoms with Gasteiger partial charge in [0.2, 0.25) is 0 Å². The molecule has 0 saturated heterocycles. The summed E-state index contributed by atoms with van der Waals surface area (Å²) in [5, 5.41) is 0. The summed E-state index contributed by atoms with van der Waals surface area (Å²) in [7, 11) is 0. The zero-order valence-electron chi connectivity index (χ0n) is 11.5. The van der Waals surface area contributed by atoms with E-state index in [0.717, 1.165) is 12.1 Å². The van der Waals surface area contributed by atoms with Gasteiger partial charge in [0.25, 0.3) is 0 Å². The highest BCUT2D eigenvalue weighted by atomic mass is 14.6. The van der Waals surface area contributed by atoms with E-state index in [9.17, 15) is 0 Å². The molecule has 0 aromatic heterocycles. The summed E-state index contributed by atoms with van der Waals surface area (Å²) >= 11 is 0. The van der Waals surface area contributed by atoms with E-state index >= 15 is 0 Å². The van der Waals surface area contributed by atoms with Crippen molar-refractivity contribution in [2.24, 2.45) is 17.1 Å². The molecule has 0 bridgehead atoms. The summed E-state index contributed by atoms with van der Waals surface area (Å²) in [5.74, 6) is 0.535. The molecule has 16 heavy (non-hydrogen) atoms. The lowest BCUT2D eigenvalue weighted by Crippen LogP contribution is -2.28. The van der Waals surface area contributed by atoms with Crippen molar-refractivity contribution in [1.29, 1.82) is 0 Å². The molecule has 0 amide bonds. The van der Waals surface area contributed by atoms with E-state index in [0.29, 0.717) is 5.92 Å². The van der Waals surface area contributed by atoms with Gasteiger partial charge in [-0.1, -0.05) is 31.6 Å². The lowest BCUT2D eigenvalue weighted by atomic mass is 9.68. The number of hydrogen-bond donors (Lipinski definition) is 1. The molecule has 0 radical (unpaired) electrons. The molecule has 1 aliphatic carbocycles. The molecule has 1 atom stereocenters. The molecular weight excluding hydrogens is 194 g/mol. The van der Waals surface area contributed by atoms with E-state index in [4.69, 9.17) is 5.73 Å². The fourth-order valence-corrected chi connectivity index (χ4v) is 2.69. The second-order valence-corrected chi connectivity index (χ2v) is 5.54. The van der Waals surface area contributed by atoms with Gasteiger partial charge in [0.1, 0.15) is 0 Å². The highest BCUT2D eigenvalue weighted by molar-refractivity contribution is 5.41. The third kappa shape index (κ3) is 2.23. The van der Waals surface area contributed by atoms with Gasteiger partial charge in [-0.25, -0.2) is 0 Å². The van der Waals surface area contributed by atoms with Crippen LogP contribution in [0.25, 0.3) is 0 Å². The van der Waals surface area contributed by atoms with Crippen molar-refractivity contribution in [3.63, 3.8) is 0 Å². The average Bonchev–Trinajstić information content (AvgIpc) is 2.20. The van der Waals surface area contributed by atoms with Crippen LogP contribution >= 0.6 is 0 Å². The van der Waals surface area contributed by atoms with Gasteiger partial charge in [-0.3, -0.25) is 0 Å². The van der Waals surface area contributed by atoms with E-state index in [1.54, 1.807) is 0 Å². The molecule has 0 aromatic carbocycles. The first kappa shape index (κ1) is 13.1. The topological polar surface area (TPSA) is 26.0 Å². The van der Waals surface area contributed by atoms with Crippen LogP contribution in [0.4, 0.5) is 0 Å². The van der Waals surface area contributed by atoms with Gasteiger partial charge in [-0.15, -0.1) is 0 Å². The predicted octanol–water partition coefficient (Wildman–Crippen LogP) is 4.18. The monoisotopic (exact) mass is 219 g/mol. The van der Waals surface area contributed by atoms with Gasteiger partial charge in [0.05, 0.1) is 0 Å². The molecule has 1 rings (SSSR count). The summed E-state index contributed by atoms with van der Waals surface area (Å²) < 4.78 is 0. The minimum Gasteiger partial charge on any atom is -0.402 e. The highest BCUT2D eigenvalue weighted by Crippen LogP contribution is 2.43. The first-order valence-electron chi connectivity index (χ1n) is 6.08. The largest absolute Gasteiger partial charge is 0.402 e. The molecular formula is C15H25N. The quantitative estimate of drug-likeness (QED) is 0.693. The van der Waals surface area contributed by atoms with Crippen LogP contribution in [0.5, 0.6) is 0 Å². The van der Waals surface area contributed by atoms with Gasteiger partial charge < -0.3 is 5.73 Å². The summed E-state index contributed by atoms with van der Waals surface area (Å²) in [6, 6.07) is 0. The first-order chi connectivity index (χ1) is 7.31. The van der Waals surface area contributed by atoms with Gasteiger partial charge >= 0.3 is 0 Å². The van der Waals surface area contributed by atoms with E-state index in [1.165, 1.54) is 16.7 Å². The third-order valence-corrected chi connectivity index (χ3v) is 4.08. The van der Waals surface area contributed by atoms with Gasteiger partial charge in [0, 0.05) is 5.70 Å². The normalized spacial score (nSPS) is 23.5. The van der Waals surface area contributed by atoms with Crippen LogP contribution in [0, 0.1) is 11.3 Å². The maximum absolute atomic E-state index is 6.14. The molecule has 0 spiro atoms. The maximum Gasteiger partial charge on any atom is 0.0119 e. The van der Waals surface area contributed by atoms with Crippen molar-refractivity contribution in [3.8, 4) is 0 Å². The van der Waals surface area contributed by atoms with Crippen LogP contribution in [0.2, 0.25) is 0 Å². The van der Waals surface area contributed by atoms with Crippen LogP contribution in [-0.2, 0) is 0 Å². The molecule has 0 aromatic rings. The van der Waals surface area contributed by atoms with Crippen LogP contribution < -0.4 is 5.73 Å². The van der Waals surface area contributed by atoms with Crippen molar-refractivity contribution >= 4 is 0 Å². The molecule has 1 unspecified atom stereocenters. The zero-order chi connectivity index (χ0) is 12.5. The Hall–Kier alpha value is -0.980. The van der Waals surface area contributed by atoms with Gasteiger partial charge in [-0.05, 0) is 56.6 Å². The molecule has 1 aliphatic rings. The molecule has 0 heterocycles. The SMILES string of the molecule is CC=CC(C)(C)C1CC(N)=C(C)C(C)=C1C. The average molecular weight is 219 g/mol. The molecule has 90 valence electrons. The van der Waals surface area contributed by atoms with Crippen LogP contribution in [0.3, 0.4) is 0 Å². The summed E-state index contributed by atoms with van der Waals surface area (Å²) in [6.07, 6.45) is 5.43.